The van der Waals surface area contributed by atoms with Gasteiger partial charge in [-0.1, -0.05) is 36.4 Å². The van der Waals surface area contributed by atoms with E-state index in [1.54, 1.807) is 29.2 Å². The van der Waals surface area contributed by atoms with Crippen molar-refractivity contribution in [3.63, 3.8) is 0 Å². The molecule has 5 N–H and O–H groups in total. The standard InChI is InChI=1S/C34H38N8O4/c35-20-23-3-7-27(8-4-23)33(44)37-30(34(45)36-28-13-9-26(10-14-28)32-38-40-41-39-32)19-22-1-5-24(6-2-22)25-11-15-29(16-12-25)42-17-18-46-21-31(42)43/h1-2,5-6,9-16,23,27,30H,3-4,7-8,17-21,35H2,(H,36,45)(H,37,44)(H,38,39,40,41). The van der Waals surface area contributed by atoms with Gasteiger partial charge in [-0.2, -0.15) is 5.21 Å². The van der Waals surface area contributed by atoms with Gasteiger partial charge in [0.05, 0.1) is 6.61 Å². The molecule has 1 aromatic heterocycles. The molecule has 1 atom stereocenters. The van der Waals surface area contributed by atoms with Crippen LogP contribution >= 0.6 is 0 Å². The summed E-state index contributed by atoms with van der Waals surface area (Å²) in [5.74, 6) is 0.338. The molecule has 1 unspecified atom stereocenters. The highest BCUT2D eigenvalue weighted by molar-refractivity contribution is 5.98. The summed E-state index contributed by atoms with van der Waals surface area (Å²) in [5, 5.41) is 20.0. The van der Waals surface area contributed by atoms with Crippen molar-refractivity contribution in [1.82, 2.24) is 25.9 Å². The monoisotopic (exact) mass is 622 g/mol. The van der Waals surface area contributed by atoms with Crippen LogP contribution in [0.3, 0.4) is 0 Å². The van der Waals surface area contributed by atoms with E-state index in [4.69, 9.17) is 10.5 Å². The largest absolute Gasteiger partial charge is 0.370 e. The molecule has 238 valence electrons. The number of H-pyrrole nitrogens is 1. The molecule has 3 aromatic carbocycles. The van der Waals surface area contributed by atoms with E-state index in [9.17, 15) is 14.4 Å². The van der Waals surface area contributed by atoms with Crippen LogP contribution in [0.2, 0.25) is 0 Å². The van der Waals surface area contributed by atoms with Gasteiger partial charge in [0.25, 0.3) is 5.91 Å². The highest BCUT2D eigenvalue weighted by Gasteiger charge is 2.29. The predicted molar refractivity (Wildman–Crippen MR) is 173 cm³/mol. The lowest BCUT2D eigenvalue weighted by Crippen LogP contribution is -2.48. The molecule has 2 aliphatic rings. The molecule has 1 saturated carbocycles. The molecule has 2 heterocycles. The number of aromatic nitrogens is 4. The first-order chi connectivity index (χ1) is 22.5. The van der Waals surface area contributed by atoms with Crippen molar-refractivity contribution < 1.29 is 19.1 Å². The second-order valence-electron chi connectivity index (χ2n) is 11.9. The lowest BCUT2D eigenvalue weighted by atomic mass is 9.81. The number of hydrogen-bond acceptors (Lipinski definition) is 8. The van der Waals surface area contributed by atoms with Crippen molar-refractivity contribution in [3.05, 3.63) is 78.4 Å². The molecule has 1 aliphatic carbocycles. The third-order valence-corrected chi connectivity index (χ3v) is 8.83. The number of nitrogens with two attached hydrogens (primary N) is 1. The minimum atomic E-state index is -0.771. The highest BCUT2D eigenvalue weighted by atomic mass is 16.5. The number of carbonyl (C=O) groups excluding carboxylic acids is 3. The molecule has 0 radical (unpaired) electrons. The summed E-state index contributed by atoms with van der Waals surface area (Å²) in [6.07, 6.45) is 3.71. The molecule has 2 fully saturated rings. The van der Waals surface area contributed by atoms with E-state index in [-0.39, 0.29) is 30.2 Å². The number of carbonyl (C=O) groups is 3. The Morgan fingerprint density at radius 3 is 2.24 bits per heavy atom. The number of anilines is 2. The van der Waals surface area contributed by atoms with E-state index in [0.29, 0.717) is 43.5 Å². The van der Waals surface area contributed by atoms with Crippen LogP contribution in [0.1, 0.15) is 31.2 Å². The van der Waals surface area contributed by atoms with Gasteiger partial charge >= 0.3 is 0 Å². The summed E-state index contributed by atoms with van der Waals surface area (Å²) >= 11 is 0. The second kappa shape index (κ2) is 14.4. The number of ether oxygens (including phenoxy) is 1. The fourth-order valence-corrected chi connectivity index (χ4v) is 6.07. The maximum atomic E-state index is 13.6. The number of amides is 3. The molecular weight excluding hydrogens is 584 g/mol. The molecule has 6 rings (SSSR count). The van der Waals surface area contributed by atoms with E-state index < -0.39 is 6.04 Å². The van der Waals surface area contributed by atoms with E-state index in [1.165, 1.54) is 0 Å². The van der Waals surface area contributed by atoms with Gasteiger partial charge in [-0.05, 0) is 96.4 Å². The summed E-state index contributed by atoms with van der Waals surface area (Å²) in [5.41, 5.74) is 11.0. The zero-order chi connectivity index (χ0) is 31.9. The van der Waals surface area contributed by atoms with Crippen molar-refractivity contribution in [3.8, 4) is 22.5 Å². The van der Waals surface area contributed by atoms with E-state index in [2.05, 4.69) is 31.3 Å². The van der Waals surface area contributed by atoms with Crippen LogP contribution in [0.15, 0.2) is 72.8 Å². The first-order valence-electron chi connectivity index (χ1n) is 15.7. The van der Waals surface area contributed by atoms with Crippen molar-refractivity contribution >= 4 is 29.1 Å². The topological polar surface area (TPSA) is 168 Å². The zero-order valence-corrected chi connectivity index (χ0v) is 25.5. The molecule has 0 spiro atoms. The van der Waals surface area contributed by atoms with Crippen LogP contribution in [0, 0.1) is 11.8 Å². The first-order valence-corrected chi connectivity index (χ1v) is 15.7. The molecule has 12 nitrogen and oxygen atoms in total. The Hall–Kier alpha value is -4.94. The van der Waals surface area contributed by atoms with Crippen molar-refractivity contribution in [2.24, 2.45) is 17.6 Å². The van der Waals surface area contributed by atoms with Crippen molar-refractivity contribution in [2.75, 3.05) is 36.5 Å². The Bertz CT molecular complexity index is 1620. The molecule has 12 heteroatoms. The minimum absolute atomic E-state index is 0.0434. The number of tetrazole rings is 1. The van der Waals surface area contributed by atoms with E-state index in [0.717, 1.165) is 53.6 Å². The number of nitrogens with one attached hydrogen (secondary N) is 3. The average Bonchev–Trinajstić information content (AvgIpc) is 3.64. The van der Waals surface area contributed by atoms with Gasteiger partial charge in [-0.15, -0.1) is 10.2 Å². The normalized spacial score (nSPS) is 19.0. The lowest BCUT2D eigenvalue weighted by Gasteiger charge is -2.28. The van der Waals surface area contributed by atoms with Crippen LogP contribution in [0.25, 0.3) is 22.5 Å². The predicted octanol–water partition coefficient (Wildman–Crippen LogP) is 3.33. The Balaban J connectivity index is 1.14. The number of benzene rings is 3. The van der Waals surface area contributed by atoms with Crippen LogP contribution in [-0.2, 0) is 25.5 Å². The van der Waals surface area contributed by atoms with Gasteiger partial charge in [-0.25, -0.2) is 0 Å². The Labute approximate surface area is 267 Å². The Morgan fingerprint density at radius 2 is 1.61 bits per heavy atom. The number of nitrogens with zero attached hydrogens (tertiary/aromatic N) is 4. The van der Waals surface area contributed by atoms with E-state index in [1.807, 2.05) is 48.5 Å². The van der Waals surface area contributed by atoms with Gasteiger partial charge in [0.2, 0.25) is 17.6 Å². The van der Waals surface area contributed by atoms with Gasteiger partial charge in [0, 0.05) is 35.8 Å². The number of rotatable bonds is 10. The lowest BCUT2D eigenvalue weighted by molar-refractivity contribution is -0.130. The third kappa shape index (κ3) is 7.47. The van der Waals surface area contributed by atoms with Gasteiger partial charge in [0.1, 0.15) is 12.6 Å². The summed E-state index contributed by atoms with van der Waals surface area (Å²) in [6.45, 7) is 1.81. The molecule has 0 bridgehead atoms. The maximum absolute atomic E-state index is 13.6. The molecule has 4 aromatic rings. The summed E-state index contributed by atoms with van der Waals surface area (Å²) in [7, 11) is 0. The maximum Gasteiger partial charge on any atom is 0.253 e. The van der Waals surface area contributed by atoms with Crippen LogP contribution < -0.4 is 21.3 Å². The van der Waals surface area contributed by atoms with Crippen LogP contribution in [0.5, 0.6) is 0 Å². The molecular formula is C34H38N8O4. The number of aromatic amines is 1. The van der Waals surface area contributed by atoms with Crippen LogP contribution in [0.4, 0.5) is 11.4 Å². The average molecular weight is 623 g/mol. The summed E-state index contributed by atoms with van der Waals surface area (Å²) in [6, 6.07) is 22.2. The molecule has 1 aliphatic heterocycles. The smallest absolute Gasteiger partial charge is 0.253 e. The molecule has 3 amide bonds. The van der Waals surface area contributed by atoms with Gasteiger partial charge in [0.15, 0.2) is 0 Å². The Kier molecular flexibility index (Phi) is 9.75. The van der Waals surface area contributed by atoms with Crippen LogP contribution in [-0.4, -0.2) is 70.7 Å². The minimum Gasteiger partial charge on any atom is -0.370 e. The molecule has 46 heavy (non-hydrogen) atoms. The van der Waals surface area contributed by atoms with Crippen molar-refractivity contribution in [2.45, 2.75) is 38.1 Å². The number of morpholine rings is 1. The second-order valence-corrected chi connectivity index (χ2v) is 11.9. The SMILES string of the molecule is NCC1CCC(C(=O)NC(Cc2ccc(-c3ccc(N4CCOCC4=O)cc3)cc2)C(=O)Nc2ccc(-c3nn[nH]n3)cc2)CC1. The Morgan fingerprint density at radius 1 is 0.935 bits per heavy atom. The number of hydrogen-bond donors (Lipinski definition) is 4. The fraction of sp³-hybridized carbons (Fsp3) is 0.353. The van der Waals surface area contributed by atoms with Gasteiger partial charge < -0.3 is 26.0 Å². The van der Waals surface area contributed by atoms with Gasteiger partial charge in [-0.3, -0.25) is 14.4 Å². The quantitative estimate of drug-likeness (QED) is 0.209. The summed E-state index contributed by atoms with van der Waals surface area (Å²) in [4.78, 5) is 40.9. The summed E-state index contributed by atoms with van der Waals surface area (Å²) < 4.78 is 5.24. The zero-order valence-electron chi connectivity index (χ0n) is 25.5. The van der Waals surface area contributed by atoms with E-state index >= 15 is 0 Å². The molecule has 1 saturated heterocycles. The highest BCUT2D eigenvalue weighted by Crippen LogP contribution is 2.29. The third-order valence-electron chi connectivity index (χ3n) is 8.83. The fourth-order valence-electron chi connectivity index (χ4n) is 6.07. The first kappa shape index (κ1) is 31.1. The van der Waals surface area contributed by atoms with Crippen molar-refractivity contribution in [1.29, 1.82) is 0 Å².